The Morgan fingerprint density at radius 1 is 1.11 bits per heavy atom. The van der Waals surface area contributed by atoms with Crippen LogP contribution in [0.2, 0.25) is 5.02 Å². The topological polar surface area (TPSA) is 80.8 Å². The van der Waals surface area contributed by atoms with Crippen molar-refractivity contribution in [2.75, 3.05) is 0 Å². The van der Waals surface area contributed by atoms with Crippen molar-refractivity contribution in [1.82, 2.24) is 4.98 Å². The number of H-pyrrole nitrogens is 1. The maximum absolute atomic E-state index is 10.8. The van der Waals surface area contributed by atoms with E-state index < -0.39 is 12.1 Å². The van der Waals surface area contributed by atoms with Gasteiger partial charge in [-0.1, -0.05) is 29.8 Å². The van der Waals surface area contributed by atoms with Gasteiger partial charge in [0, 0.05) is 22.8 Å². The first-order chi connectivity index (χ1) is 13.0. The van der Waals surface area contributed by atoms with Crippen LogP contribution in [0, 0.1) is 0 Å². The summed E-state index contributed by atoms with van der Waals surface area (Å²) in [5.41, 5.74) is 0.869. The predicted molar refractivity (Wildman–Crippen MR) is 101 cm³/mol. The number of carbonyl (C=O) groups is 1. The van der Waals surface area contributed by atoms with E-state index in [9.17, 15) is 4.79 Å². The lowest BCUT2D eigenvalue weighted by Crippen LogP contribution is -2.22. The fourth-order valence-corrected chi connectivity index (χ4v) is 2.46. The van der Waals surface area contributed by atoms with Crippen molar-refractivity contribution in [3.8, 4) is 23.1 Å². The summed E-state index contributed by atoms with van der Waals surface area (Å²) in [6, 6.07) is 15.9. The van der Waals surface area contributed by atoms with E-state index in [1.165, 1.54) is 6.92 Å². The number of aromatic amines is 1. The van der Waals surface area contributed by atoms with Gasteiger partial charge in [-0.05, 0) is 37.3 Å². The van der Waals surface area contributed by atoms with Gasteiger partial charge in [-0.15, -0.1) is 0 Å². The summed E-state index contributed by atoms with van der Waals surface area (Å²) < 4.78 is 16.9. The van der Waals surface area contributed by atoms with Crippen molar-refractivity contribution < 1.29 is 24.1 Å². The molecule has 2 aromatic carbocycles. The van der Waals surface area contributed by atoms with Crippen molar-refractivity contribution in [2.24, 2.45) is 0 Å². The SMILES string of the molecule is CC(Oc1ccc(Oc2cc[nH]c2OCc2ccccc2Cl)cc1)C(=O)O. The highest BCUT2D eigenvalue weighted by Gasteiger charge is 2.13. The molecule has 0 fully saturated rings. The number of aromatic nitrogens is 1. The van der Waals surface area contributed by atoms with Gasteiger partial charge in [-0.3, -0.25) is 0 Å². The van der Waals surface area contributed by atoms with Crippen LogP contribution in [0.1, 0.15) is 12.5 Å². The van der Waals surface area contributed by atoms with E-state index in [1.54, 1.807) is 42.6 Å². The molecule has 6 nitrogen and oxygen atoms in total. The summed E-state index contributed by atoms with van der Waals surface area (Å²) in [5, 5.41) is 9.51. The Bertz CT molecular complexity index is 907. The molecule has 3 aromatic rings. The Kier molecular flexibility index (Phi) is 5.88. The van der Waals surface area contributed by atoms with Crippen LogP contribution in [-0.2, 0) is 11.4 Å². The minimum Gasteiger partial charge on any atom is -0.479 e. The Labute approximate surface area is 161 Å². The van der Waals surface area contributed by atoms with Crippen LogP contribution in [0.4, 0.5) is 0 Å². The Morgan fingerprint density at radius 2 is 1.81 bits per heavy atom. The van der Waals surface area contributed by atoms with Gasteiger partial charge in [0.25, 0.3) is 0 Å². The Hall–Kier alpha value is -3.12. The van der Waals surface area contributed by atoms with Crippen molar-refractivity contribution in [1.29, 1.82) is 0 Å². The van der Waals surface area contributed by atoms with Crippen LogP contribution in [0.25, 0.3) is 0 Å². The summed E-state index contributed by atoms with van der Waals surface area (Å²) in [5.74, 6) is 0.987. The summed E-state index contributed by atoms with van der Waals surface area (Å²) in [6.07, 6.45) is 0.787. The molecule has 0 amide bonds. The molecule has 3 rings (SSSR count). The van der Waals surface area contributed by atoms with Crippen LogP contribution in [0.5, 0.6) is 23.1 Å². The maximum atomic E-state index is 10.8. The highest BCUT2D eigenvalue weighted by molar-refractivity contribution is 6.31. The first-order valence-corrected chi connectivity index (χ1v) is 8.61. The first kappa shape index (κ1) is 18.7. The monoisotopic (exact) mass is 387 g/mol. The average Bonchev–Trinajstić information content (AvgIpc) is 3.09. The van der Waals surface area contributed by atoms with Crippen molar-refractivity contribution in [3.05, 3.63) is 71.4 Å². The van der Waals surface area contributed by atoms with E-state index in [2.05, 4.69) is 4.98 Å². The van der Waals surface area contributed by atoms with E-state index >= 15 is 0 Å². The van der Waals surface area contributed by atoms with Gasteiger partial charge in [-0.25, -0.2) is 4.79 Å². The summed E-state index contributed by atoms with van der Waals surface area (Å²) in [7, 11) is 0. The second-order valence-corrected chi connectivity index (χ2v) is 6.13. The zero-order valence-corrected chi connectivity index (χ0v) is 15.3. The van der Waals surface area contributed by atoms with E-state index in [-0.39, 0.29) is 0 Å². The van der Waals surface area contributed by atoms with Crippen LogP contribution in [-0.4, -0.2) is 22.2 Å². The highest BCUT2D eigenvalue weighted by atomic mass is 35.5. The first-order valence-electron chi connectivity index (χ1n) is 8.24. The van der Waals surface area contributed by atoms with Crippen LogP contribution in [0.3, 0.4) is 0 Å². The van der Waals surface area contributed by atoms with Gasteiger partial charge in [0.2, 0.25) is 5.88 Å². The third-order valence-corrected chi connectivity index (χ3v) is 4.08. The third-order valence-electron chi connectivity index (χ3n) is 3.71. The standard InChI is InChI=1S/C20H18ClNO5/c1-13(20(23)24)26-15-6-8-16(9-7-15)27-18-10-11-22-19(18)25-12-14-4-2-3-5-17(14)21/h2-11,13,22H,12H2,1H3,(H,23,24). The van der Waals surface area contributed by atoms with Gasteiger partial charge >= 0.3 is 5.97 Å². The van der Waals surface area contributed by atoms with E-state index in [4.69, 9.17) is 30.9 Å². The zero-order valence-electron chi connectivity index (χ0n) is 14.5. The molecule has 0 bridgehead atoms. The Morgan fingerprint density at radius 3 is 2.52 bits per heavy atom. The van der Waals surface area contributed by atoms with Gasteiger partial charge < -0.3 is 24.3 Å². The molecule has 7 heteroatoms. The van der Waals surface area contributed by atoms with Crippen LogP contribution in [0.15, 0.2) is 60.8 Å². The van der Waals surface area contributed by atoms with E-state index in [1.807, 2.05) is 18.2 Å². The lowest BCUT2D eigenvalue weighted by Gasteiger charge is -2.12. The number of rotatable bonds is 8. The molecule has 140 valence electrons. The van der Waals surface area contributed by atoms with Crippen molar-refractivity contribution in [2.45, 2.75) is 19.6 Å². The molecule has 0 aliphatic carbocycles. The number of benzene rings is 2. The normalized spacial score (nSPS) is 11.6. The fourth-order valence-electron chi connectivity index (χ4n) is 2.27. The molecule has 1 heterocycles. The lowest BCUT2D eigenvalue weighted by atomic mass is 10.2. The average molecular weight is 388 g/mol. The largest absolute Gasteiger partial charge is 0.479 e. The van der Waals surface area contributed by atoms with Gasteiger partial charge in [0.1, 0.15) is 18.1 Å². The quantitative estimate of drug-likeness (QED) is 0.575. The van der Waals surface area contributed by atoms with Gasteiger partial charge in [-0.2, -0.15) is 0 Å². The smallest absolute Gasteiger partial charge is 0.344 e. The lowest BCUT2D eigenvalue weighted by molar-refractivity contribution is -0.144. The summed E-state index contributed by atoms with van der Waals surface area (Å²) in [4.78, 5) is 13.8. The number of carboxylic acid groups (broad SMARTS) is 1. The zero-order chi connectivity index (χ0) is 19.2. The Balaban J connectivity index is 1.62. The van der Waals surface area contributed by atoms with Crippen LogP contribution < -0.4 is 14.2 Å². The number of hydrogen-bond donors (Lipinski definition) is 2. The van der Waals surface area contributed by atoms with E-state index in [0.29, 0.717) is 34.8 Å². The molecule has 1 atom stereocenters. The number of ether oxygens (including phenoxy) is 3. The van der Waals surface area contributed by atoms with Crippen molar-refractivity contribution >= 4 is 17.6 Å². The molecule has 0 spiro atoms. The number of aliphatic carboxylic acids is 1. The van der Waals surface area contributed by atoms with Crippen LogP contribution >= 0.6 is 11.6 Å². The molecule has 1 aromatic heterocycles. The van der Waals surface area contributed by atoms with Crippen molar-refractivity contribution in [3.63, 3.8) is 0 Å². The second-order valence-electron chi connectivity index (χ2n) is 5.72. The molecule has 0 aliphatic heterocycles. The summed E-state index contributed by atoms with van der Waals surface area (Å²) >= 11 is 6.13. The summed E-state index contributed by atoms with van der Waals surface area (Å²) in [6.45, 7) is 1.77. The molecule has 0 aliphatic rings. The molecule has 27 heavy (non-hydrogen) atoms. The highest BCUT2D eigenvalue weighted by Crippen LogP contribution is 2.32. The molecule has 0 saturated heterocycles. The number of carboxylic acids is 1. The third kappa shape index (κ3) is 4.95. The fraction of sp³-hybridized carbons (Fsp3) is 0.150. The van der Waals surface area contributed by atoms with E-state index in [0.717, 1.165) is 5.56 Å². The predicted octanol–water partition coefficient (Wildman–Crippen LogP) is 4.89. The minimum atomic E-state index is -1.03. The number of hydrogen-bond acceptors (Lipinski definition) is 4. The van der Waals surface area contributed by atoms with Gasteiger partial charge in [0.05, 0.1) is 0 Å². The molecular weight excluding hydrogens is 370 g/mol. The maximum Gasteiger partial charge on any atom is 0.344 e. The molecule has 0 radical (unpaired) electrons. The van der Waals surface area contributed by atoms with Gasteiger partial charge in [0.15, 0.2) is 11.9 Å². The molecule has 1 unspecified atom stereocenters. The minimum absolute atomic E-state index is 0.302. The molecule has 0 saturated carbocycles. The second kappa shape index (κ2) is 8.51. The molecule has 2 N–H and O–H groups in total. The number of nitrogens with one attached hydrogen (secondary N) is 1. The molecular formula is C20H18ClNO5. The number of halogens is 1.